The Labute approximate surface area is 176 Å². The van der Waals surface area contributed by atoms with Gasteiger partial charge in [0.25, 0.3) is 0 Å². The van der Waals surface area contributed by atoms with Gasteiger partial charge in [0.2, 0.25) is 0 Å². The van der Waals surface area contributed by atoms with Crippen molar-refractivity contribution in [1.29, 1.82) is 0 Å². The quantitative estimate of drug-likeness (QED) is 0.776. The minimum Gasteiger partial charge on any atom is -0.480 e. The molecule has 1 N–H and O–H groups in total. The van der Waals surface area contributed by atoms with Crippen LogP contribution < -0.4 is 0 Å². The lowest BCUT2D eigenvalue weighted by Gasteiger charge is -2.32. The maximum absolute atomic E-state index is 13.0. The molecule has 1 amide bonds. The molecule has 1 saturated heterocycles. The molecular formula is C25H27NO4. The molecule has 0 aromatic heterocycles. The third-order valence-electron chi connectivity index (χ3n) is 7.28. The van der Waals surface area contributed by atoms with E-state index in [-0.39, 0.29) is 17.9 Å². The standard InChI is InChI=1S/C25H27NO4/c27-23(28)22-14-25(12-6-1-7-13-25)16-26(22)24(29)30-15-21-19-10-4-2-8-17(19)18-9-3-5-11-20(18)21/h2-5,8-11,21-22H,1,6-7,12-16H2,(H,27,28). The molecule has 3 aliphatic rings. The van der Waals surface area contributed by atoms with Crippen LogP contribution in [0, 0.1) is 5.41 Å². The minimum atomic E-state index is -0.925. The fourth-order valence-electron chi connectivity index (χ4n) is 5.81. The number of hydrogen-bond donors (Lipinski definition) is 1. The van der Waals surface area contributed by atoms with Gasteiger partial charge in [0.1, 0.15) is 12.6 Å². The number of ether oxygens (including phenoxy) is 1. The number of carbonyl (C=O) groups is 2. The van der Waals surface area contributed by atoms with Gasteiger partial charge in [-0.2, -0.15) is 0 Å². The smallest absolute Gasteiger partial charge is 0.410 e. The largest absolute Gasteiger partial charge is 0.480 e. The Balaban J connectivity index is 1.34. The van der Waals surface area contributed by atoms with Crippen LogP contribution in [0.4, 0.5) is 4.79 Å². The van der Waals surface area contributed by atoms with Crippen LogP contribution in [0.25, 0.3) is 11.1 Å². The Kier molecular flexibility index (Phi) is 4.76. The van der Waals surface area contributed by atoms with Gasteiger partial charge in [0.05, 0.1) is 0 Å². The summed E-state index contributed by atoms with van der Waals surface area (Å²) < 4.78 is 5.76. The molecule has 1 spiro atoms. The van der Waals surface area contributed by atoms with Crippen molar-refractivity contribution in [2.45, 2.75) is 50.5 Å². The lowest BCUT2D eigenvalue weighted by Crippen LogP contribution is -2.41. The van der Waals surface area contributed by atoms with Crippen LogP contribution in [-0.2, 0) is 9.53 Å². The molecule has 30 heavy (non-hydrogen) atoms. The molecule has 5 rings (SSSR count). The van der Waals surface area contributed by atoms with Crippen molar-refractivity contribution in [2.75, 3.05) is 13.2 Å². The highest BCUT2D eigenvalue weighted by atomic mass is 16.6. The van der Waals surface area contributed by atoms with Crippen molar-refractivity contribution in [3.05, 3.63) is 59.7 Å². The number of rotatable bonds is 3. The molecule has 2 fully saturated rings. The number of nitrogens with zero attached hydrogens (tertiary/aromatic N) is 1. The summed E-state index contributed by atoms with van der Waals surface area (Å²) in [6, 6.07) is 15.7. The van der Waals surface area contributed by atoms with Crippen LogP contribution in [0.5, 0.6) is 0 Å². The molecule has 1 saturated carbocycles. The predicted molar refractivity (Wildman–Crippen MR) is 113 cm³/mol. The van der Waals surface area contributed by atoms with E-state index in [4.69, 9.17) is 4.74 Å². The van der Waals surface area contributed by atoms with Gasteiger partial charge in [0.15, 0.2) is 0 Å². The molecule has 1 aliphatic heterocycles. The summed E-state index contributed by atoms with van der Waals surface area (Å²) in [5.41, 5.74) is 4.63. The highest BCUT2D eigenvalue weighted by Gasteiger charge is 2.49. The lowest BCUT2D eigenvalue weighted by molar-refractivity contribution is -0.141. The van der Waals surface area contributed by atoms with E-state index in [9.17, 15) is 14.7 Å². The topological polar surface area (TPSA) is 66.8 Å². The number of carbonyl (C=O) groups excluding carboxylic acids is 1. The van der Waals surface area contributed by atoms with Crippen LogP contribution in [0.3, 0.4) is 0 Å². The number of fused-ring (bicyclic) bond motifs is 3. The zero-order valence-electron chi connectivity index (χ0n) is 17.0. The molecule has 5 heteroatoms. The number of carboxylic acids is 1. The molecule has 2 aromatic rings. The second-order valence-electron chi connectivity index (χ2n) is 9.05. The summed E-state index contributed by atoms with van der Waals surface area (Å²) in [5.74, 6) is -0.943. The van der Waals surface area contributed by atoms with Crippen molar-refractivity contribution in [1.82, 2.24) is 4.90 Å². The summed E-state index contributed by atoms with van der Waals surface area (Å²) in [6.45, 7) is 0.726. The van der Waals surface area contributed by atoms with E-state index in [0.29, 0.717) is 13.0 Å². The first kappa shape index (κ1) is 19.2. The maximum Gasteiger partial charge on any atom is 0.410 e. The summed E-state index contributed by atoms with van der Waals surface area (Å²) in [4.78, 5) is 26.4. The first-order chi connectivity index (χ1) is 14.6. The van der Waals surface area contributed by atoms with Crippen LogP contribution in [0.2, 0.25) is 0 Å². The molecule has 0 bridgehead atoms. The average molecular weight is 405 g/mol. The van der Waals surface area contributed by atoms with Crippen LogP contribution in [0.15, 0.2) is 48.5 Å². The zero-order valence-corrected chi connectivity index (χ0v) is 17.0. The van der Waals surface area contributed by atoms with Crippen molar-refractivity contribution < 1.29 is 19.4 Å². The number of likely N-dealkylation sites (tertiary alicyclic amines) is 1. The second-order valence-corrected chi connectivity index (χ2v) is 9.05. The summed E-state index contributed by atoms with van der Waals surface area (Å²) >= 11 is 0. The minimum absolute atomic E-state index is 0.0177. The zero-order chi connectivity index (χ0) is 20.7. The molecular weight excluding hydrogens is 378 g/mol. The van der Waals surface area contributed by atoms with Gasteiger partial charge in [-0.25, -0.2) is 9.59 Å². The van der Waals surface area contributed by atoms with Gasteiger partial charge < -0.3 is 9.84 Å². The van der Waals surface area contributed by atoms with Gasteiger partial charge in [-0.15, -0.1) is 0 Å². The number of benzene rings is 2. The Bertz CT molecular complexity index is 933. The van der Waals surface area contributed by atoms with Crippen molar-refractivity contribution in [3.63, 3.8) is 0 Å². The van der Waals surface area contributed by atoms with E-state index in [1.807, 2.05) is 24.3 Å². The third kappa shape index (κ3) is 3.17. The molecule has 2 aliphatic carbocycles. The average Bonchev–Trinajstić information content (AvgIpc) is 3.29. The van der Waals surface area contributed by atoms with Gasteiger partial charge in [-0.3, -0.25) is 4.90 Å². The van der Waals surface area contributed by atoms with Crippen LogP contribution >= 0.6 is 0 Å². The van der Waals surface area contributed by atoms with Gasteiger partial charge in [-0.05, 0) is 46.9 Å². The monoisotopic (exact) mass is 405 g/mol. The fraction of sp³-hybridized carbons (Fsp3) is 0.440. The normalized spacial score (nSPS) is 22.0. The first-order valence-corrected chi connectivity index (χ1v) is 10.9. The molecule has 5 nitrogen and oxygen atoms in total. The van der Waals surface area contributed by atoms with E-state index >= 15 is 0 Å². The molecule has 2 aromatic carbocycles. The number of carboxylic acid groups (broad SMARTS) is 1. The van der Waals surface area contributed by atoms with Crippen LogP contribution in [0.1, 0.15) is 55.6 Å². The maximum atomic E-state index is 13.0. The van der Waals surface area contributed by atoms with E-state index in [1.54, 1.807) is 0 Å². The second kappa shape index (κ2) is 7.46. The summed E-state index contributed by atoms with van der Waals surface area (Å²) in [5, 5.41) is 9.74. The molecule has 1 unspecified atom stereocenters. The van der Waals surface area contributed by atoms with Gasteiger partial charge >= 0.3 is 12.1 Å². The molecule has 1 atom stereocenters. The van der Waals surface area contributed by atoms with Gasteiger partial charge in [-0.1, -0.05) is 67.8 Å². The van der Waals surface area contributed by atoms with E-state index < -0.39 is 18.1 Å². The Morgan fingerprint density at radius 2 is 1.57 bits per heavy atom. The lowest BCUT2D eigenvalue weighted by atomic mass is 9.73. The Morgan fingerprint density at radius 1 is 0.967 bits per heavy atom. The third-order valence-corrected chi connectivity index (χ3v) is 7.28. The van der Waals surface area contributed by atoms with Crippen LogP contribution in [-0.4, -0.2) is 41.3 Å². The molecule has 1 heterocycles. The number of hydrogen-bond acceptors (Lipinski definition) is 3. The highest BCUT2D eigenvalue weighted by Crippen LogP contribution is 2.47. The van der Waals surface area contributed by atoms with Crippen molar-refractivity contribution in [2.24, 2.45) is 5.41 Å². The Morgan fingerprint density at radius 3 is 2.17 bits per heavy atom. The van der Waals surface area contributed by atoms with Gasteiger partial charge in [0, 0.05) is 12.5 Å². The highest BCUT2D eigenvalue weighted by molar-refractivity contribution is 5.82. The first-order valence-electron chi connectivity index (χ1n) is 10.9. The summed E-state index contributed by atoms with van der Waals surface area (Å²) in [6.07, 6.45) is 5.49. The van der Waals surface area contributed by atoms with E-state index in [0.717, 1.165) is 36.8 Å². The molecule has 156 valence electrons. The SMILES string of the molecule is O=C(O)C1CC2(CCCCC2)CN1C(=O)OCC1c2ccccc2-c2ccccc21. The summed E-state index contributed by atoms with van der Waals surface area (Å²) in [7, 11) is 0. The predicted octanol–water partition coefficient (Wildman–Crippen LogP) is 5.04. The Hall–Kier alpha value is -2.82. The number of aliphatic carboxylic acids is 1. The molecule has 0 radical (unpaired) electrons. The van der Waals surface area contributed by atoms with Crippen molar-refractivity contribution >= 4 is 12.1 Å². The van der Waals surface area contributed by atoms with E-state index in [2.05, 4.69) is 24.3 Å². The van der Waals surface area contributed by atoms with Crippen molar-refractivity contribution in [3.8, 4) is 11.1 Å². The van der Waals surface area contributed by atoms with E-state index in [1.165, 1.54) is 22.4 Å². The fourth-order valence-corrected chi connectivity index (χ4v) is 5.81. The number of amides is 1.